The van der Waals surface area contributed by atoms with E-state index < -0.39 is 0 Å². The SMILES string of the molecule is COc1cc(CNc2ccc(Br)cc2)ccc1OCc1cccc(C)c1. The van der Waals surface area contributed by atoms with Gasteiger partial charge in [0.1, 0.15) is 6.61 Å². The molecule has 0 aromatic heterocycles. The third-order valence-electron chi connectivity index (χ3n) is 4.05. The van der Waals surface area contributed by atoms with Crippen molar-refractivity contribution in [1.29, 1.82) is 0 Å². The molecule has 3 aromatic carbocycles. The average Bonchev–Trinajstić information content (AvgIpc) is 2.66. The molecule has 0 bridgehead atoms. The monoisotopic (exact) mass is 411 g/mol. The lowest BCUT2D eigenvalue weighted by Crippen LogP contribution is -2.02. The van der Waals surface area contributed by atoms with Gasteiger partial charge in [-0.3, -0.25) is 0 Å². The number of anilines is 1. The van der Waals surface area contributed by atoms with Gasteiger partial charge >= 0.3 is 0 Å². The third-order valence-corrected chi connectivity index (χ3v) is 4.57. The highest BCUT2D eigenvalue weighted by molar-refractivity contribution is 9.10. The van der Waals surface area contributed by atoms with Crippen LogP contribution in [0.25, 0.3) is 0 Å². The van der Waals surface area contributed by atoms with E-state index in [0.717, 1.165) is 39.3 Å². The number of ether oxygens (including phenoxy) is 2. The van der Waals surface area contributed by atoms with E-state index in [0.29, 0.717) is 6.61 Å². The van der Waals surface area contributed by atoms with Gasteiger partial charge in [0.05, 0.1) is 7.11 Å². The van der Waals surface area contributed by atoms with Gasteiger partial charge in [-0.25, -0.2) is 0 Å². The van der Waals surface area contributed by atoms with Crippen LogP contribution in [-0.2, 0) is 13.2 Å². The van der Waals surface area contributed by atoms with Gasteiger partial charge in [0, 0.05) is 16.7 Å². The molecule has 3 nitrogen and oxygen atoms in total. The lowest BCUT2D eigenvalue weighted by Gasteiger charge is -2.13. The Kier molecular flexibility index (Phi) is 6.18. The highest BCUT2D eigenvalue weighted by Crippen LogP contribution is 2.29. The Balaban J connectivity index is 1.64. The van der Waals surface area contributed by atoms with Gasteiger partial charge in [0.2, 0.25) is 0 Å². The molecule has 0 aliphatic heterocycles. The van der Waals surface area contributed by atoms with E-state index in [1.54, 1.807) is 7.11 Å². The van der Waals surface area contributed by atoms with Crippen molar-refractivity contribution in [2.75, 3.05) is 12.4 Å². The molecule has 3 rings (SSSR count). The van der Waals surface area contributed by atoms with Gasteiger partial charge in [-0.2, -0.15) is 0 Å². The Morgan fingerprint density at radius 1 is 0.885 bits per heavy atom. The number of methoxy groups -OCH3 is 1. The topological polar surface area (TPSA) is 30.5 Å². The largest absolute Gasteiger partial charge is 0.493 e. The minimum atomic E-state index is 0.522. The highest BCUT2D eigenvalue weighted by Gasteiger charge is 2.07. The van der Waals surface area contributed by atoms with Crippen LogP contribution in [-0.4, -0.2) is 7.11 Å². The molecule has 0 spiro atoms. The maximum absolute atomic E-state index is 5.95. The van der Waals surface area contributed by atoms with Gasteiger partial charge < -0.3 is 14.8 Å². The quantitative estimate of drug-likeness (QED) is 0.520. The zero-order valence-electron chi connectivity index (χ0n) is 15.0. The van der Waals surface area contributed by atoms with Crippen LogP contribution in [0.4, 0.5) is 5.69 Å². The van der Waals surface area contributed by atoms with Crippen molar-refractivity contribution in [2.24, 2.45) is 0 Å². The summed E-state index contributed by atoms with van der Waals surface area (Å²) in [6, 6.07) is 22.5. The van der Waals surface area contributed by atoms with Crippen molar-refractivity contribution < 1.29 is 9.47 Å². The summed E-state index contributed by atoms with van der Waals surface area (Å²) in [5, 5.41) is 3.41. The van der Waals surface area contributed by atoms with E-state index in [4.69, 9.17) is 9.47 Å². The van der Waals surface area contributed by atoms with Crippen LogP contribution in [0.3, 0.4) is 0 Å². The maximum Gasteiger partial charge on any atom is 0.161 e. The van der Waals surface area contributed by atoms with Gasteiger partial charge in [-0.05, 0) is 54.4 Å². The average molecular weight is 412 g/mol. The molecule has 0 aliphatic carbocycles. The number of rotatable bonds is 7. The summed E-state index contributed by atoms with van der Waals surface area (Å²) in [6.45, 7) is 3.32. The zero-order chi connectivity index (χ0) is 18.4. The number of hydrogen-bond acceptors (Lipinski definition) is 3. The second kappa shape index (κ2) is 8.77. The van der Waals surface area contributed by atoms with E-state index in [1.165, 1.54) is 5.56 Å². The fourth-order valence-electron chi connectivity index (χ4n) is 2.68. The number of nitrogens with one attached hydrogen (secondary N) is 1. The zero-order valence-corrected chi connectivity index (χ0v) is 16.5. The Labute approximate surface area is 163 Å². The molecule has 0 amide bonds. The van der Waals surface area contributed by atoms with Gasteiger partial charge in [0.15, 0.2) is 11.5 Å². The van der Waals surface area contributed by atoms with Gasteiger partial charge in [-0.15, -0.1) is 0 Å². The molecule has 3 aromatic rings. The van der Waals surface area contributed by atoms with E-state index >= 15 is 0 Å². The van der Waals surface area contributed by atoms with Crippen LogP contribution < -0.4 is 14.8 Å². The molecule has 0 atom stereocenters. The smallest absolute Gasteiger partial charge is 0.161 e. The fourth-order valence-corrected chi connectivity index (χ4v) is 2.94. The molecule has 26 heavy (non-hydrogen) atoms. The van der Waals surface area contributed by atoms with Gasteiger partial charge in [-0.1, -0.05) is 51.8 Å². The fraction of sp³-hybridized carbons (Fsp3) is 0.182. The first-order valence-corrected chi connectivity index (χ1v) is 9.28. The Bertz CT molecular complexity index is 862. The normalized spacial score (nSPS) is 10.4. The van der Waals surface area contributed by atoms with Crippen LogP contribution in [0.5, 0.6) is 11.5 Å². The van der Waals surface area contributed by atoms with Crippen LogP contribution in [0.15, 0.2) is 71.2 Å². The van der Waals surface area contributed by atoms with E-state index in [-0.39, 0.29) is 0 Å². The molecular formula is C22H22BrNO2. The van der Waals surface area contributed by atoms with Crippen molar-refractivity contribution in [1.82, 2.24) is 0 Å². The first-order chi connectivity index (χ1) is 12.6. The number of halogens is 1. The van der Waals surface area contributed by atoms with Crippen molar-refractivity contribution in [3.05, 3.63) is 87.9 Å². The van der Waals surface area contributed by atoms with E-state index in [2.05, 4.69) is 52.4 Å². The summed E-state index contributed by atoms with van der Waals surface area (Å²) in [7, 11) is 1.67. The molecule has 0 unspecified atom stereocenters. The summed E-state index contributed by atoms with van der Waals surface area (Å²) in [4.78, 5) is 0. The Hall–Kier alpha value is -2.46. The third kappa shape index (κ3) is 5.02. The van der Waals surface area contributed by atoms with Crippen molar-refractivity contribution in [3.63, 3.8) is 0 Å². The minimum absolute atomic E-state index is 0.522. The molecule has 0 aliphatic rings. The highest BCUT2D eigenvalue weighted by atomic mass is 79.9. The molecule has 0 fully saturated rings. The molecule has 0 heterocycles. The summed E-state index contributed by atoms with van der Waals surface area (Å²) in [6.07, 6.45) is 0. The molecule has 0 saturated heterocycles. The van der Waals surface area contributed by atoms with Crippen LogP contribution in [0.2, 0.25) is 0 Å². The lowest BCUT2D eigenvalue weighted by atomic mass is 10.1. The predicted octanol–water partition coefficient (Wildman–Crippen LogP) is 5.96. The van der Waals surface area contributed by atoms with Gasteiger partial charge in [0.25, 0.3) is 0 Å². The number of hydrogen-bond donors (Lipinski definition) is 1. The predicted molar refractivity (Wildman–Crippen MR) is 110 cm³/mol. The van der Waals surface area contributed by atoms with Crippen molar-refractivity contribution in [3.8, 4) is 11.5 Å². The summed E-state index contributed by atoms with van der Waals surface area (Å²) in [5.74, 6) is 1.49. The first-order valence-electron chi connectivity index (χ1n) is 8.49. The maximum atomic E-state index is 5.95. The summed E-state index contributed by atoms with van der Waals surface area (Å²) >= 11 is 3.45. The van der Waals surface area contributed by atoms with E-state index in [1.807, 2.05) is 42.5 Å². The number of aryl methyl sites for hydroxylation is 1. The van der Waals surface area contributed by atoms with Crippen molar-refractivity contribution >= 4 is 21.6 Å². The molecular weight excluding hydrogens is 390 g/mol. The summed E-state index contributed by atoms with van der Waals surface area (Å²) < 4.78 is 12.5. The first kappa shape index (κ1) is 18.3. The second-order valence-corrected chi connectivity index (χ2v) is 7.04. The standard InChI is InChI=1S/C22H22BrNO2/c1-16-4-3-5-18(12-16)15-26-21-11-6-17(13-22(21)25-2)14-24-20-9-7-19(23)8-10-20/h3-13,24H,14-15H2,1-2H3. The van der Waals surface area contributed by atoms with Crippen LogP contribution >= 0.6 is 15.9 Å². The van der Waals surface area contributed by atoms with Crippen LogP contribution in [0, 0.1) is 6.92 Å². The van der Waals surface area contributed by atoms with E-state index in [9.17, 15) is 0 Å². The van der Waals surface area contributed by atoms with Crippen LogP contribution in [0.1, 0.15) is 16.7 Å². The molecule has 4 heteroatoms. The molecule has 0 radical (unpaired) electrons. The molecule has 0 saturated carbocycles. The molecule has 134 valence electrons. The summed E-state index contributed by atoms with van der Waals surface area (Å²) in [5.41, 5.74) is 4.58. The number of benzene rings is 3. The second-order valence-electron chi connectivity index (χ2n) is 6.12. The Morgan fingerprint density at radius 2 is 1.69 bits per heavy atom. The van der Waals surface area contributed by atoms with Crippen molar-refractivity contribution in [2.45, 2.75) is 20.1 Å². The molecule has 1 N–H and O–H groups in total. The minimum Gasteiger partial charge on any atom is -0.493 e. The Morgan fingerprint density at radius 3 is 2.42 bits per heavy atom. The lowest BCUT2D eigenvalue weighted by molar-refractivity contribution is 0.284.